The summed E-state index contributed by atoms with van der Waals surface area (Å²) in [7, 11) is 0. The van der Waals surface area contributed by atoms with E-state index in [9.17, 15) is 4.79 Å². The summed E-state index contributed by atoms with van der Waals surface area (Å²) in [5.41, 5.74) is 0.907. The number of nitrogens with one attached hydrogen (secondary N) is 1. The molecule has 2 atom stereocenters. The van der Waals surface area contributed by atoms with Crippen LogP contribution < -0.4 is 10.1 Å². The van der Waals surface area contributed by atoms with Gasteiger partial charge in [-0.15, -0.1) is 0 Å². The third kappa shape index (κ3) is 3.93. The highest BCUT2D eigenvalue weighted by Gasteiger charge is 2.30. The molecule has 7 nitrogen and oxygen atoms in total. The molecule has 1 aliphatic rings. The van der Waals surface area contributed by atoms with Gasteiger partial charge >= 0.3 is 0 Å². The van der Waals surface area contributed by atoms with Crippen LogP contribution in [0.5, 0.6) is 5.75 Å². The van der Waals surface area contributed by atoms with Crippen LogP contribution in [-0.2, 0) is 11.3 Å². The van der Waals surface area contributed by atoms with Crippen molar-refractivity contribution in [3.63, 3.8) is 0 Å². The normalized spacial score (nSPS) is 20.6. The van der Waals surface area contributed by atoms with Crippen molar-refractivity contribution in [2.24, 2.45) is 0 Å². The van der Waals surface area contributed by atoms with Crippen LogP contribution in [0.3, 0.4) is 0 Å². The fourth-order valence-electron chi connectivity index (χ4n) is 2.52. The lowest BCUT2D eigenvalue weighted by atomic mass is 10.1. The zero-order valence-electron chi connectivity index (χ0n) is 13.4. The second-order valence-electron chi connectivity index (χ2n) is 5.66. The number of amides is 1. The molecule has 0 spiro atoms. The van der Waals surface area contributed by atoms with E-state index in [-0.39, 0.29) is 30.4 Å². The van der Waals surface area contributed by atoms with Gasteiger partial charge in [0.2, 0.25) is 0 Å². The maximum absolute atomic E-state index is 12.3. The van der Waals surface area contributed by atoms with Gasteiger partial charge in [0.25, 0.3) is 5.91 Å². The molecular weight excluding hydrogens is 312 g/mol. The van der Waals surface area contributed by atoms with Crippen LogP contribution in [0.25, 0.3) is 0 Å². The molecule has 128 valence electrons. The summed E-state index contributed by atoms with van der Waals surface area (Å²) < 4.78 is 16.6. The van der Waals surface area contributed by atoms with Crippen LogP contribution >= 0.6 is 0 Å². The minimum atomic E-state index is -0.336. The summed E-state index contributed by atoms with van der Waals surface area (Å²) in [6.45, 7) is 2.60. The lowest BCUT2D eigenvalue weighted by Crippen LogP contribution is -2.51. The van der Waals surface area contributed by atoms with Gasteiger partial charge in [-0.2, -0.15) is 0 Å². The number of nitrogens with zero attached hydrogens (tertiary/aromatic N) is 1. The fraction of sp³-hybridized carbons (Fsp3) is 0.412. The summed E-state index contributed by atoms with van der Waals surface area (Å²) in [5.74, 6) is 0.820. The maximum Gasteiger partial charge on any atom is 0.287 e. The molecule has 1 aliphatic heterocycles. The van der Waals surface area contributed by atoms with Gasteiger partial charge in [0.1, 0.15) is 24.2 Å². The van der Waals surface area contributed by atoms with Crippen LogP contribution in [0, 0.1) is 6.92 Å². The molecule has 0 unspecified atom stereocenters. The molecule has 0 aromatic carbocycles. The molecular formula is C17H20N2O5. The number of pyridine rings is 1. The number of aliphatic hydroxyl groups excluding tert-OH is 1. The molecule has 1 fully saturated rings. The Morgan fingerprint density at radius 2 is 2.29 bits per heavy atom. The number of aliphatic hydroxyl groups is 1. The van der Waals surface area contributed by atoms with Crippen LogP contribution in [0.2, 0.25) is 0 Å². The van der Waals surface area contributed by atoms with Gasteiger partial charge in [-0.3, -0.25) is 9.78 Å². The maximum atomic E-state index is 12.3. The van der Waals surface area contributed by atoms with Gasteiger partial charge < -0.3 is 24.3 Å². The third-order valence-corrected chi connectivity index (χ3v) is 3.83. The smallest absolute Gasteiger partial charge is 0.287 e. The number of furan rings is 1. The molecule has 2 N–H and O–H groups in total. The van der Waals surface area contributed by atoms with Gasteiger partial charge in [-0.05, 0) is 37.6 Å². The Morgan fingerprint density at radius 3 is 3.00 bits per heavy atom. The molecule has 0 saturated carbocycles. The standard InChI is InChI=1S/C17H20N2O5/c1-11-2-3-12(8-18-11)23-16-10-22-7-6-14(16)19-17(21)15-5-4-13(9-20)24-15/h2-5,8,14,16,20H,6-7,9-10H2,1H3,(H,19,21)/t14-,16+/m1/s1. The zero-order valence-corrected chi connectivity index (χ0v) is 13.4. The predicted molar refractivity (Wildman–Crippen MR) is 84.7 cm³/mol. The molecule has 2 aromatic heterocycles. The van der Waals surface area contributed by atoms with Gasteiger partial charge in [0.15, 0.2) is 5.76 Å². The number of hydrogen-bond acceptors (Lipinski definition) is 6. The van der Waals surface area contributed by atoms with Crippen molar-refractivity contribution >= 4 is 5.91 Å². The predicted octanol–water partition coefficient (Wildman–Crippen LogP) is 1.44. The van der Waals surface area contributed by atoms with Crippen molar-refractivity contribution in [3.05, 3.63) is 47.7 Å². The first kappa shape index (κ1) is 16.5. The van der Waals surface area contributed by atoms with Crippen molar-refractivity contribution in [1.82, 2.24) is 10.3 Å². The number of ether oxygens (including phenoxy) is 2. The lowest BCUT2D eigenvalue weighted by molar-refractivity contribution is -0.0138. The zero-order chi connectivity index (χ0) is 16.9. The Balaban J connectivity index is 1.65. The first-order valence-corrected chi connectivity index (χ1v) is 7.83. The largest absolute Gasteiger partial charge is 0.484 e. The van der Waals surface area contributed by atoms with Crippen molar-refractivity contribution in [1.29, 1.82) is 0 Å². The van der Waals surface area contributed by atoms with Crippen LogP contribution in [0.4, 0.5) is 0 Å². The number of aromatic nitrogens is 1. The number of aryl methyl sites for hydroxylation is 1. The molecule has 0 bridgehead atoms. The molecule has 3 heterocycles. The molecule has 1 saturated heterocycles. The van der Waals surface area contributed by atoms with Crippen molar-refractivity contribution < 1.29 is 23.8 Å². The average molecular weight is 332 g/mol. The van der Waals surface area contributed by atoms with Crippen molar-refractivity contribution in [2.45, 2.75) is 32.1 Å². The summed E-state index contributed by atoms with van der Waals surface area (Å²) in [4.78, 5) is 16.5. The summed E-state index contributed by atoms with van der Waals surface area (Å²) in [5, 5.41) is 11.9. The molecule has 1 amide bonds. The van der Waals surface area contributed by atoms with E-state index < -0.39 is 0 Å². The second kappa shape index (κ2) is 7.46. The van der Waals surface area contributed by atoms with E-state index in [1.807, 2.05) is 19.1 Å². The molecule has 2 aromatic rings. The van der Waals surface area contributed by atoms with E-state index in [2.05, 4.69) is 10.3 Å². The Labute approximate surface area is 139 Å². The minimum Gasteiger partial charge on any atom is -0.484 e. The van der Waals surface area contributed by atoms with Gasteiger partial charge in [-0.1, -0.05) is 0 Å². The molecule has 24 heavy (non-hydrogen) atoms. The number of hydrogen-bond donors (Lipinski definition) is 2. The fourth-order valence-corrected chi connectivity index (χ4v) is 2.52. The molecule has 7 heteroatoms. The molecule has 3 rings (SSSR count). The Bertz CT molecular complexity index is 683. The molecule has 0 aliphatic carbocycles. The van der Waals surface area contributed by atoms with Gasteiger partial charge in [0.05, 0.1) is 18.8 Å². The minimum absolute atomic E-state index is 0.168. The topological polar surface area (TPSA) is 93.8 Å². The monoisotopic (exact) mass is 332 g/mol. The van der Waals surface area contributed by atoms with Crippen molar-refractivity contribution in [2.75, 3.05) is 13.2 Å². The summed E-state index contributed by atoms with van der Waals surface area (Å²) in [6, 6.07) is 6.63. The van der Waals surface area contributed by atoms with E-state index in [1.54, 1.807) is 18.3 Å². The summed E-state index contributed by atoms with van der Waals surface area (Å²) >= 11 is 0. The van der Waals surface area contributed by atoms with Gasteiger partial charge in [0, 0.05) is 12.3 Å². The second-order valence-corrected chi connectivity index (χ2v) is 5.66. The first-order chi connectivity index (χ1) is 11.7. The summed E-state index contributed by atoms with van der Waals surface area (Å²) in [6.07, 6.45) is 1.99. The van der Waals surface area contributed by atoms with Crippen LogP contribution in [0.1, 0.15) is 28.4 Å². The van der Waals surface area contributed by atoms with E-state index >= 15 is 0 Å². The Kier molecular flexibility index (Phi) is 5.12. The van der Waals surface area contributed by atoms with E-state index in [1.165, 1.54) is 0 Å². The number of rotatable bonds is 5. The number of carbonyl (C=O) groups excluding carboxylic acids is 1. The highest BCUT2D eigenvalue weighted by molar-refractivity contribution is 5.91. The first-order valence-electron chi connectivity index (χ1n) is 7.83. The van der Waals surface area contributed by atoms with E-state index in [4.69, 9.17) is 19.0 Å². The SMILES string of the molecule is Cc1ccc(O[C@H]2COCC[C@H]2NC(=O)c2ccc(CO)o2)cn1. The molecule has 0 radical (unpaired) electrons. The Morgan fingerprint density at radius 1 is 1.42 bits per heavy atom. The van der Waals surface area contributed by atoms with E-state index in [0.29, 0.717) is 31.1 Å². The highest BCUT2D eigenvalue weighted by atomic mass is 16.5. The highest BCUT2D eigenvalue weighted by Crippen LogP contribution is 2.18. The third-order valence-electron chi connectivity index (χ3n) is 3.83. The van der Waals surface area contributed by atoms with Crippen LogP contribution in [-0.4, -0.2) is 41.4 Å². The lowest BCUT2D eigenvalue weighted by Gasteiger charge is -2.32. The van der Waals surface area contributed by atoms with E-state index in [0.717, 1.165) is 5.69 Å². The van der Waals surface area contributed by atoms with Crippen LogP contribution in [0.15, 0.2) is 34.9 Å². The Hall–Kier alpha value is -2.38. The number of carbonyl (C=O) groups is 1. The van der Waals surface area contributed by atoms with Gasteiger partial charge in [-0.25, -0.2) is 0 Å². The quantitative estimate of drug-likeness (QED) is 0.860. The average Bonchev–Trinajstić information content (AvgIpc) is 3.08. The van der Waals surface area contributed by atoms with Crippen molar-refractivity contribution in [3.8, 4) is 5.75 Å².